The maximum Gasteiger partial charge on any atom is 0.407 e. The smallest absolute Gasteiger partial charge is 0.407 e. The lowest BCUT2D eigenvalue weighted by Gasteiger charge is -2.48. The number of rotatable bonds is 15. The number of nitrogens with zero attached hydrogens (tertiary/aromatic N) is 4. The van der Waals surface area contributed by atoms with Gasteiger partial charge in [-0.05, 0) is 80.6 Å². The van der Waals surface area contributed by atoms with E-state index in [1.165, 1.54) is 6.07 Å². The molecule has 332 valence electrons. The van der Waals surface area contributed by atoms with E-state index in [4.69, 9.17) is 9.72 Å². The highest BCUT2D eigenvalue weighted by atomic mass is 19.4. The van der Waals surface area contributed by atoms with E-state index in [1.807, 2.05) is 29.6 Å². The minimum atomic E-state index is -4.95. The van der Waals surface area contributed by atoms with Crippen molar-refractivity contribution >= 4 is 17.8 Å². The van der Waals surface area contributed by atoms with Gasteiger partial charge in [-0.3, -0.25) is 14.7 Å². The van der Waals surface area contributed by atoms with Gasteiger partial charge in [-0.2, -0.15) is 13.2 Å². The quantitative estimate of drug-likeness (QED) is 0.109. The predicted octanol–water partition coefficient (Wildman–Crippen LogP) is 5.77. The molecule has 2 amide bonds. The SMILES string of the molecule is COC(=O)N[C@H](C(=O)N[C@@H](Cc1ccc(-c2ccc(N3CC4CCC(C3)N4C3COC3)nc2)cc1)[C@@H](O)CNCc1c(F)cc(-c2ccc(F)cn2)cc1F)C(C)(C)C(F)(F)F. The zero-order chi connectivity index (χ0) is 44.3. The maximum absolute atomic E-state index is 15.1. The molecule has 18 heteroatoms. The fourth-order valence-electron chi connectivity index (χ4n) is 8.36. The first kappa shape index (κ1) is 44.7. The van der Waals surface area contributed by atoms with E-state index in [-0.39, 0.29) is 29.8 Å². The molecule has 7 rings (SSSR count). The van der Waals surface area contributed by atoms with Gasteiger partial charge < -0.3 is 35.4 Å². The molecule has 4 N–H and O–H groups in total. The zero-order valence-electron chi connectivity index (χ0n) is 34.4. The summed E-state index contributed by atoms with van der Waals surface area (Å²) in [6.07, 6.45) is -2.81. The minimum Gasteiger partial charge on any atom is -0.453 e. The average Bonchev–Trinajstić information content (AvgIpc) is 3.45. The number of amides is 2. The number of carbonyl (C=O) groups is 2. The van der Waals surface area contributed by atoms with E-state index in [1.54, 1.807) is 18.3 Å². The fraction of sp³-hybridized carbons (Fsp3) is 0.455. The first-order chi connectivity index (χ1) is 29.5. The first-order valence-electron chi connectivity index (χ1n) is 20.4. The van der Waals surface area contributed by atoms with E-state index in [0.29, 0.717) is 23.7 Å². The Morgan fingerprint density at radius 1 is 0.871 bits per heavy atom. The van der Waals surface area contributed by atoms with Crippen molar-refractivity contribution in [3.05, 3.63) is 102 Å². The summed E-state index contributed by atoms with van der Waals surface area (Å²) in [5.41, 5.74) is -0.707. The molecule has 2 unspecified atom stereocenters. The van der Waals surface area contributed by atoms with Crippen LogP contribution < -0.4 is 20.9 Å². The van der Waals surface area contributed by atoms with E-state index in [9.17, 15) is 32.3 Å². The largest absolute Gasteiger partial charge is 0.453 e. The van der Waals surface area contributed by atoms with Crippen LogP contribution in [-0.2, 0) is 27.2 Å². The molecule has 5 atom stereocenters. The molecule has 4 aromatic rings. The average molecular weight is 870 g/mol. The van der Waals surface area contributed by atoms with Gasteiger partial charge in [-0.25, -0.2) is 22.9 Å². The lowest BCUT2D eigenvalue weighted by atomic mass is 9.82. The summed E-state index contributed by atoms with van der Waals surface area (Å²) in [4.78, 5) is 39.4. The van der Waals surface area contributed by atoms with Gasteiger partial charge in [0.2, 0.25) is 5.91 Å². The van der Waals surface area contributed by atoms with Gasteiger partial charge >= 0.3 is 12.3 Å². The third kappa shape index (κ3) is 9.83. The van der Waals surface area contributed by atoms with Gasteiger partial charge in [0.25, 0.3) is 0 Å². The molecule has 12 nitrogen and oxygen atoms in total. The van der Waals surface area contributed by atoms with Crippen LogP contribution in [0.15, 0.2) is 73.1 Å². The molecular weight excluding hydrogens is 821 g/mol. The molecule has 5 heterocycles. The summed E-state index contributed by atoms with van der Waals surface area (Å²) >= 11 is 0. The van der Waals surface area contributed by atoms with Gasteiger partial charge in [0.1, 0.15) is 29.3 Å². The lowest BCUT2D eigenvalue weighted by molar-refractivity contribution is -0.220. The molecule has 3 aliphatic heterocycles. The lowest BCUT2D eigenvalue weighted by Crippen LogP contribution is -2.62. The van der Waals surface area contributed by atoms with Crippen molar-refractivity contribution in [2.45, 2.75) is 82.1 Å². The monoisotopic (exact) mass is 869 g/mol. The number of halogens is 6. The molecule has 3 saturated heterocycles. The molecular formula is C44H49F6N7O5. The van der Waals surface area contributed by atoms with Crippen molar-refractivity contribution in [3.8, 4) is 22.4 Å². The highest BCUT2D eigenvalue weighted by Gasteiger charge is 2.56. The number of hydrogen-bond acceptors (Lipinski definition) is 10. The van der Waals surface area contributed by atoms with Crippen LogP contribution in [0.3, 0.4) is 0 Å². The van der Waals surface area contributed by atoms with E-state index < -0.39 is 65.8 Å². The molecule has 0 saturated carbocycles. The first-order valence-corrected chi connectivity index (χ1v) is 20.4. The second-order valence-corrected chi connectivity index (χ2v) is 16.6. The number of anilines is 1. The summed E-state index contributed by atoms with van der Waals surface area (Å²) in [7, 11) is 0.938. The van der Waals surface area contributed by atoms with Crippen molar-refractivity contribution in [1.82, 2.24) is 30.8 Å². The number of aromatic nitrogens is 2. The van der Waals surface area contributed by atoms with Crippen LogP contribution in [0, 0.1) is 22.9 Å². The highest BCUT2D eigenvalue weighted by Crippen LogP contribution is 2.41. The van der Waals surface area contributed by atoms with Crippen molar-refractivity contribution < 1.29 is 50.5 Å². The number of hydrogen-bond donors (Lipinski definition) is 4. The van der Waals surface area contributed by atoms with E-state index in [2.05, 4.69) is 30.2 Å². The maximum atomic E-state index is 15.1. The van der Waals surface area contributed by atoms with Gasteiger partial charge in [-0.15, -0.1) is 0 Å². The molecule has 2 aromatic heterocycles. The Hall–Kier alpha value is -5.30. The van der Waals surface area contributed by atoms with Gasteiger partial charge in [-0.1, -0.05) is 24.3 Å². The topological polar surface area (TPSA) is 141 Å². The number of ether oxygens (including phenoxy) is 2. The molecule has 0 spiro atoms. The van der Waals surface area contributed by atoms with Crippen molar-refractivity contribution in [1.29, 1.82) is 0 Å². The van der Waals surface area contributed by atoms with Crippen LogP contribution in [0.2, 0.25) is 0 Å². The number of nitrogens with one attached hydrogen (secondary N) is 3. The number of alkyl halides is 3. The van der Waals surface area contributed by atoms with Crippen LogP contribution in [0.1, 0.15) is 37.8 Å². The standard InChI is InChI=1S/C44H49F6N7O5/c1-43(2,44(48,49)50)40(55-42(60)61-3)41(59)54-37(38(58)20-51-19-33-34(46)15-28(16-35(33)47)36-12-9-29(45)18-52-36)14-25-4-6-26(7-5-25)27-8-13-39(53-17-27)56-21-30-10-11-31(22-56)57(30)32-23-62-24-32/h4-9,12-13,15-18,30-32,37-38,40,51,58H,10-11,14,19-24H2,1-3H3,(H,54,59)(H,55,60)/t30?,31?,37-,38-,40+/m0/s1. The Labute approximate surface area is 355 Å². The Morgan fingerprint density at radius 2 is 1.53 bits per heavy atom. The Bertz CT molecular complexity index is 2160. The molecule has 2 aromatic carbocycles. The third-order valence-electron chi connectivity index (χ3n) is 12.2. The van der Waals surface area contributed by atoms with Crippen LogP contribution in [0.25, 0.3) is 22.4 Å². The molecule has 2 bridgehead atoms. The highest BCUT2D eigenvalue weighted by molar-refractivity contribution is 5.87. The summed E-state index contributed by atoms with van der Waals surface area (Å²) in [6, 6.07) is 13.6. The summed E-state index contributed by atoms with van der Waals surface area (Å²) in [5.74, 6) is -2.87. The van der Waals surface area contributed by atoms with E-state index in [0.717, 1.165) is 101 Å². The van der Waals surface area contributed by atoms with Gasteiger partial charge in [0, 0.05) is 61.1 Å². The number of methoxy groups -OCH3 is 1. The van der Waals surface area contributed by atoms with Gasteiger partial charge in [0.15, 0.2) is 0 Å². The number of aliphatic hydroxyl groups excluding tert-OH is 1. The normalized spacial score (nSPS) is 19.7. The number of fused-ring (bicyclic) bond motifs is 2. The van der Waals surface area contributed by atoms with Crippen LogP contribution in [0.4, 0.5) is 37.0 Å². The number of benzene rings is 2. The Balaban J connectivity index is 1.05. The Morgan fingerprint density at radius 3 is 2.08 bits per heavy atom. The number of aliphatic hydroxyl groups is 1. The minimum absolute atomic E-state index is 0.0683. The molecule has 0 aliphatic carbocycles. The fourth-order valence-corrected chi connectivity index (χ4v) is 8.36. The summed E-state index contributed by atoms with van der Waals surface area (Å²) in [6.45, 7) is 4.09. The predicted molar refractivity (Wildman–Crippen MR) is 217 cm³/mol. The summed E-state index contributed by atoms with van der Waals surface area (Å²) < 4.78 is 96.3. The number of carbonyl (C=O) groups excluding carboxylic acids is 2. The van der Waals surface area contributed by atoms with Crippen molar-refractivity contribution in [2.24, 2.45) is 5.41 Å². The van der Waals surface area contributed by atoms with Crippen molar-refractivity contribution in [2.75, 3.05) is 44.9 Å². The number of piperazine rings is 1. The summed E-state index contributed by atoms with van der Waals surface area (Å²) in [5, 5.41) is 18.6. The van der Waals surface area contributed by atoms with Crippen LogP contribution in [-0.4, -0.2) is 114 Å². The Kier molecular flexibility index (Phi) is 13.4. The van der Waals surface area contributed by atoms with Gasteiger partial charge in [0.05, 0.1) is 55.8 Å². The van der Waals surface area contributed by atoms with E-state index >= 15 is 8.78 Å². The zero-order valence-corrected chi connectivity index (χ0v) is 34.4. The molecule has 0 radical (unpaired) electrons. The second-order valence-electron chi connectivity index (χ2n) is 16.6. The molecule has 62 heavy (non-hydrogen) atoms. The number of pyridine rings is 2. The third-order valence-corrected chi connectivity index (χ3v) is 12.2. The molecule has 3 fully saturated rings. The van der Waals surface area contributed by atoms with Crippen molar-refractivity contribution in [3.63, 3.8) is 0 Å². The molecule has 3 aliphatic rings. The van der Waals surface area contributed by atoms with Crippen LogP contribution in [0.5, 0.6) is 0 Å². The second kappa shape index (κ2) is 18.6. The van der Waals surface area contributed by atoms with Crippen LogP contribution >= 0.6 is 0 Å². The number of alkyl carbamates (subject to hydrolysis) is 1.